The van der Waals surface area contributed by atoms with E-state index in [0.29, 0.717) is 24.3 Å². The summed E-state index contributed by atoms with van der Waals surface area (Å²) in [4.78, 5) is 11.3. The third-order valence-corrected chi connectivity index (χ3v) is 2.35. The van der Waals surface area contributed by atoms with Crippen molar-refractivity contribution in [2.24, 2.45) is 0 Å². The van der Waals surface area contributed by atoms with Gasteiger partial charge in [0.25, 0.3) is 0 Å². The van der Waals surface area contributed by atoms with Gasteiger partial charge >= 0.3 is 0 Å². The standard InChI is InChI=1S/C11H12BrFO2/c1-8(14)10-7-9(12)3-4-11(10)15-6-2-5-13/h3-4,7H,2,5-6H2,1H3. The van der Waals surface area contributed by atoms with E-state index in [1.54, 1.807) is 18.2 Å². The third kappa shape index (κ3) is 3.63. The first kappa shape index (κ1) is 12.2. The Kier molecular flexibility index (Phi) is 4.75. The molecule has 1 aromatic carbocycles. The van der Waals surface area contributed by atoms with Crippen LogP contribution in [-0.2, 0) is 0 Å². The van der Waals surface area contributed by atoms with Crippen molar-refractivity contribution in [3.63, 3.8) is 0 Å². The Morgan fingerprint density at radius 1 is 1.53 bits per heavy atom. The van der Waals surface area contributed by atoms with Gasteiger partial charge in [0.15, 0.2) is 5.78 Å². The summed E-state index contributed by atoms with van der Waals surface area (Å²) >= 11 is 3.28. The van der Waals surface area contributed by atoms with Crippen molar-refractivity contribution in [2.75, 3.05) is 13.3 Å². The summed E-state index contributed by atoms with van der Waals surface area (Å²) in [6, 6.07) is 5.20. The van der Waals surface area contributed by atoms with Gasteiger partial charge in [0.05, 0.1) is 18.8 Å². The van der Waals surface area contributed by atoms with E-state index in [1.165, 1.54) is 6.92 Å². The van der Waals surface area contributed by atoms with E-state index >= 15 is 0 Å². The van der Waals surface area contributed by atoms with E-state index < -0.39 is 6.67 Å². The zero-order valence-corrected chi connectivity index (χ0v) is 10.0. The molecule has 0 saturated carbocycles. The predicted octanol–water partition coefficient (Wildman–Crippen LogP) is 3.39. The molecule has 0 N–H and O–H groups in total. The van der Waals surface area contributed by atoms with Gasteiger partial charge in [0.1, 0.15) is 5.75 Å². The van der Waals surface area contributed by atoms with Gasteiger partial charge in [-0.25, -0.2) is 0 Å². The van der Waals surface area contributed by atoms with Gasteiger partial charge in [-0.2, -0.15) is 0 Å². The number of ether oxygens (including phenoxy) is 1. The molecule has 15 heavy (non-hydrogen) atoms. The first-order chi connectivity index (χ1) is 7.15. The fourth-order valence-corrected chi connectivity index (χ4v) is 1.50. The minimum atomic E-state index is -0.411. The summed E-state index contributed by atoms with van der Waals surface area (Å²) in [5, 5.41) is 0. The number of carbonyl (C=O) groups excluding carboxylic acids is 1. The number of Topliss-reactive ketones (excluding diaryl/α,β-unsaturated/α-hetero) is 1. The average molecular weight is 275 g/mol. The van der Waals surface area contributed by atoms with Crippen LogP contribution in [0.1, 0.15) is 23.7 Å². The van der Waals surface area contributed by atoms with E-state index in [9.17, 15) is 9.18 Å². The highest BCUT2D eigenvalue weighted by atomic mass is 79.9. The molecule has 0 aliphatic heterocycles. The SMILES string of the molecule is CC(=O)c1cc(Br)ccc1OCCCF. The normalized spacial score (nSPS) is 10.1. The fourth-order valence-electron chi connectivity index (χ4n) is 1.14. The second kappa shape index (κ2) is 5.85. The van der Waals surface area contributed by atoms with Crippen LogP contribution in [0.3, 0.4) is 0 Å². The van der Waals surface area contributed by atoms with Crippen molar-refractivity contribution in [1.82, 2.24) is 0 Å². The van der Waals surface area contributed by atoms with Crippen LogP contribution in [-0.4, -0.2) is 19.1 Å². The molecule has 0 aliphatic rings. The minimum absolute atomic E-state index is 0.0634. The van der Waals surface area contributed by atoms with Gasteiger partial charge in [0, 0.05) is 10.9 Å². The first-order valence-electron chi connectivity index (χ1n) is 4.64. The first-order valence-corrected chi connectivity index (χ1v) is 5.43. The molecule has 0 aromatic heterocycles. The fraction of sp³-hybridized carbons (Fsp3) is 0.364. The molecule has 0 spiro atoms. The van der Waals surface area contributed by atoms with E-state index in [0.717, 1.165) is 4.47 Å². The van der Waals surface area contributed by atoms with Gasteiger partial charge in [-0.05, 0) is 25.1 Å². The summed E-state index contributed by atoms with van der Waals surface area (Å²) in [5.41, 5.74) is 0.517. The Hall–Kier alpha value is -0.900. The summed E-state index contributed by atoms with van der Waals surface area (Å²) in [6.07, 6.45) is 0.341. The Bertz CT molecular complexity index is 352. The Labute approximate surface area is 96.6 Å². The number of benzene rings is 1. The van der Waals surface area contributed by atoms with Crippen LogP contribution in [0.2, 0.25) is 0 Å². The van der Waals surface area contributed by atoms with Gasteiger partial charge < -0.3 is 4.74 Å². The van der Waals surface area contributed by atoms with Gasteiger partial charge in [-0.15, -0.1) is 0 Å². The van der Waals surface area contributed by atoms with Crippen LogP contribution in [0, 0.1) is 0 Å². The number of rotatable bonds is 5. The molecule has 0 fully saturated rings. The van der Waals surface area contributed by atoms with Crippen molar-refractivity contribution in [2.45, 2.75) is 13.3 Å². The Morgan fingerprint density at radius 2 is 2.27 bits per heavy atom. The Morgan fingerprint density at radius 3 is 2.87 bits per heavy atom. The lowest BCUT2D eigenvalue weighted by molar-refractivity contribution is 0.101. The number of halogens is 2. The maximum Gasteiger partial charge on any atom is 0.163 e. The largest absolute Gasteiger partial charge is 0.493 e. The molecule has 1 rings (SSSR count). The second-order valence-corrected chi connectivity index (χ2v) is 4.00. The summed E-state index contributed by atoms with van der Waals surface area (Å²) < 4.78 is 18.0. The van der Waals surface area contributed by atoms with Crippen LogP contribution in [0.5, 0.6) is 5.75 Å². The molecule has 4 heteroatoms. The molecule has 0 amide bonds. The average Bonchev–Trinajstić information content (AvgIpc) is 2.20. The van der Waals surface area contributed by atoms with Crippen molar-refractivity contribution < 1.29 is 13.9 Å². The molecule has 0 radical (unpaired) electrons. The van der Waals surface area contributed by atoms with Crippen LogP contribution in [0.4, 0.5) is 4.39 Å². The molecule has 0 unspecified atom stereocenters. The van der Waals surface area contributed by atoms with Crippen molar-refractivity contribution in [3.8, 4) is 5.75 Å². The smallest absolute Gasteiger partial charge is 0.163 e. The summed E-state index contributed by atoms with van der Waals surface area (Å²) in [7, 11) is 0. The van der Waals surface area contributed by atoms with Gasteiger partial charge in [0.2, 0.25) is 0 Å². The molecule has 82 valence electrons. The van der Waals surface area contributed by atoms with E-state index in [1.807, 2.05) is 0 Å². The van der Waals surface area contributed by atoms with Crippen LogP contribution < -0.4 is 4.74 Å². The van der Waals surface area contributed by atoms with Crippen LogP contribution >= 0.6 is 15.9 Å². The Balaban J connectivity index is 2.81. The number of hydrogen-bond acceptors (Lipinski definition) is 2. The number of carbonyl (C=O) groups is 1. The molecule has 1 aromatic rings. The van der Waals surface area contributed by atoms with E-state index in [4.69, 9.17) is 4.74 Å². The highest BCUT2D eigenvalue weighted by molar-refractivity contribution is 9.10. The topological polar surface area (TPSA) is 26.3 Å². The molecule has 0 bridgehead atoms. The van der Waals surface area contributed by atoms with Crippen molar-refractivity contribution >= 4 is 21.7 Å². The number of ketones is 1. The lowest BCUT2D eigenvalue weighted by Gasteiger charge is -2.09. The van der Waals surface area contributed by atoms with Crippen molar-refractivity contribution in [3.05, 3.63) is 28.2 Å². The van der Waals surface area contributed by atoms with E-state index in [-0.39, 0.29) is 5.78 Å². The molecule has 0 aliphatic carbocycles. The number of hydrogen-bond donors (Lipinski definition) is 0. The zero-order valence-electron chi connectivity index (χ0n) is 8.43. The van der Waals surface area contributed by atoms with Crippen molar-refractivity contribution in [1.29, 1.82) is 0 Å². The summed E-state index contributed by atoms with van der Waals surface area (Å²) in [5.74, 6) is 0.450. The highest BCUT2D eigenvalue weighted by Crippen LogP contribution is 2.23. The lowest BCUT2D eigenvalue weighted by Crippen LogP contribution is -2.03. The monoisotopic (exact) mass is 274 g/mol. The second-order valence-electron chi connectivity index (χ2n) is 3.09. The summed E-state index contributed by atoms with van der Waals surface area (Å²) in [6.45, 7) is 1.36. The van der Waals surface area contributed by atoms with Crippen LogP contribution in [0.15, 0.2) is 22.7 Å². The van der Waals surface area contributed by atoms with Gasteiger partial charge in [-0.3, -0.25) is 9.18 Å². The molecule has 0 atom stereocenters. The predicted molar refractivity (Wildman–Crippen MR) is 60.2 cm³/mol. The molecular formula is C11H12BrFO2. The molecule has 0 heterocycles. The van der Waals surface area contributed by atoms with Gasteiger partial charge in [-0.1, -0.05) is 15.9 Å². The quantitative estimate of drug-likeness (QED) is 0.608. The molecule has 2 nitrogen and oxygen atoms in total. The lowest BCUT2D eigenvalue weighted by atomic mass is 10.1. The number of alkyl halides is 1. The molecular weight excluding hydrogens is 263 g/mol. The minimum Gasteiger partial charge on any atom is -0.493 e. The maximum absolute atomic E-state index is 11.9. The zero-order chi connectivity index (χ0) is 11.3. The van der Waals surface area contributed by atoms with E-state index in [2.05, 4.69) is 15.9 Å². The maximum atomic E-state index is 11.9. The van der Waals surface area contributed by atoms with Crippen LogP contribution in [0.25, 0.3) is 0 Å². The third-order valence-electron chi connectivity index (χ3n) is 1.86. The molecule has 0 saturated heterocycles. The highest BCUT2D eigenvalue weighted by Gasteiger charge is 2.08.